The highest BCUT2D eigenvalue weighted by molar-refractivity contribution is 5.76. The zero-order valence-corrected chi connectivity index (χ0v) is 13.5. The molecule has 124 valence electrons. The van der Waals surface area contributed by atoms with Gasteiger partial charge < -0.3 is 14.9 Å². The predicted molar refractivity (Wildman–Crippen MR) is 84.4 cm³/mol. The fraction of sp³-hybridized carbons (Fsp3) is 0.500. The van der Waals surface area contributed by atoms with Crippen molar-refractivity contribution in [2.24, 2.45) is 0 Å². The smallest absolute Gasteiger partial charge is 0.227 e. The molecule has 0 aliphatic rings. The molecule has 2 N–H and O–H groups in total. The third-order valence-electron chi connectivity index (χ3n) is 3.90. The lowest BCUT2D eigenvalue weighted by atomic mass is 9.97. The third-order valence-corrected chi connectivity index (χ3v) is 3.90. The van der Waals surface area contributed by atoms with Crippen molar-refractivity contribution in [2.45, 2.75) is 45.1 Å². The molecule has 0 unspecified atom stereocenters. The largest absolute Gasteiger partial charge is 0.388 e. The van der Waals surface area contributed by atoms with Crippen LogP contribution in [-0.2, 0) is 11.2 Å². The van der Waals surface area contributed by atoms with Gasteiger partial charge in [-0.15, -0.1) is 0 Å². The van der Waals surface area contributed by atoms with Crippen LogP contribution in [0.4, 0.5) is 0 Å². The van der Waals surface area contributed by atoms with E-state index in [2.05, 4.69) is 20.4 Å². The monoisotopic (exact) mass is 318 g/mol. The topological polar surface area (TPSA) is 101 Å². The first-order chi connectivity index (χ1) is 11.1. The maximum absolute atomic E-state index is 11.9. The predicted octanol–water partition coefficient (Wildman–Crippen LogP) is 1.73. The number of hydrogen-bond donors (Lipinski definition) is 2. The number of nitrogens with zero attached hydrogens (tertiary/aromatic N) is 3. The quantitative estimate of drug-likeness (QED) is 0.768. The molecular formula is C16H22N4O3. The number of pyridine rings is 1. The summed E-state index contributed by atoms with van der Waals surface area (Å²) < 4.78 is 5.15. The van der Waals surface area contributed by atoms with Crippen LogP contribution in [-0.4, -0.2) is 38.3 Å². The Morgan fingerprint density at radius 2 is 2.00 bits per heavy atom. The average molecular weight is 318 g/mol. The molecule has 23 heavy (non-hydrogen) atoms. The Morgan fingerprint density at radius 1 is 1.30 bits per heavy atom. The van der Waals surface area contributed by atoms with Crippen LogP contribution >= 0.6 is 0 Å². The van der Waals surface area contributed by atoms with Crippen LogP contribution in [0.5, 0.6) is 0 Å². The molecule has 0 aliphatic heterocycles. The van der Waals surface area contributed by atoms with Gasteiger partial charge in [0, 0.05) is 37.3 Å². The summed E-state index contributed by atoms with van der Waals surface area (Å²) in [5.41, 5.74) is -0.0234. The molecule has 7 nitrogen and oxygen atoms in total. The van der Waals surface area contributed by atoms with Crippen molar-refractivity contribution in [1.29, 1.82) is 0 Å². The molecular weight excluding hydrogens is 296 g/mol. The molecule has 0 spiro atoms. The summed E-state index contributed by atoms with van der Waals surface area (Å²) in [7, 11) is 0. The van der Waals surface area contributed by atoms with E-state index in [0.717, 1.165) is 5.56 Å². The number of aryl methyl sites for hydroxylation is 1. The molecule has 0 atom stereocenters. The van der Waals surface area contributed by atoms with Crippen molar-refractivity contribution in [3.05, 3.63) is 30.4 Å². The Hall–Kier alpha value is -2.28. The van der Waals surface area contributed by atoms with Crippen LogP contribution in [0.25, 0.3) is 11.4 Å². The Balaban J connectivity index is 1.82. The molecule has 0 fully saturated rings. The zero-order valence-electron chi connectivity index (χ0n) is 13.5. The molecule has 0 radical (unpaired) electrons. The second-order valence-electron chi connectivity index (χ2n) is 5.46. The highest BCUT2D eigenvalue weighted by Crippen LogP contribution is 2.15. The van der Waals surface area contributed by atoms with Crippen LogP contribution < -0.4 is 5.32 Å². The third kappa shape index (κ3) is 4.85. The van der Waals surface area contributed by atoms with Crippen LogP contribution in [0.2, 0.25) is 0 Å². The SMILES string of the molecule is CCC(O)(CC)CNC(=O)CCc1nc(-c2ccncc2)no1. The molecule has 2 aromatic heterocycles. The standard InChI is InChI=1S/C16H22N4O3/c1-3-16(22,4-2)11-18-13(21)5-6-14-19-15(20-23-14)12-7-9-17-10-8-12/h7-10,22H,3-6,11H2,1-2H3,(H,18,21). The van der Waals surface area contributed by atoms with E-state index < -0.39 is 5.60 Å². The molecule has 0 aliphatic carbocycles. The maximum atomic E-state index is 11.9. The maximum Gasteiger partial charge on any atom is 0.227 e. The van der Waals surface area contributed by atoms with E-state index in [0.29, 0.717) is 31.0 Å². The van der Waals surface area contributed by atoms with Crippen LogP contribution in [0.15, 0.2) is 29.0 Å². The number of aromatic nitrogens is 3. The van der Waals surface area contributed by atoms with Crippen molar-refractivity contribution < 1.29 is 14.4 Å². The van der Waals surface area contributed by atoms with Gasteiger partial charge in [-0.1, -0.05) is 19.0 Å². The number of nitrogens with one attached hydrogen (secondary N) is 1. The summed E-state index contributed by atoms with van der Waals surface area (Å²) in [6.45, 7) is 4.05. The Kier molecular flexibility index (Phi) is 5.81. The number of aliphatic hydroxyl groups is 1. The van der Waals surface area contributed by atoms with Crippen molar-refractivity contribution in [3.8, 4) is 11.4 Å². The Morgan fingerprint density at radius 3 is 2.65 bits per heavy atom. The van der Waals surface area contributed by atoms with Crippen molar-refractivity contribution in [2.75, 3.05) is 6.54 Å². The Bertz CT molecular complexity index is 623. The summed E-state index contributed by atoms with van der Waals surface area (Å²) >= 11 is 0. The molecule has 7 heteroatoms. The lowest BCUT2D eigenvalue weighted by molar-refractivity contribution is -0.122. The summed E-state index contributed by atoms with van der Waals surface area (Å²) in [5, 5.41) is 16.8. The van der Waals surface area contributed by atoms with Gasteiger partial charge in [-0.2, -0.15) is 4.98 Å². The van der Waals surface area contributed by atoms with Gasteiger partial charge in [0.05, 0.1) is 5.60 Å². The van der Waals surface area contributed by atoms with E-state index in [1.54, 1.807) is 24.5 Å². The Labute approximate surface area is 135 Å². The number of rotatable bonds is 8. The van der Waals surface area contributed by atoms with E-state index in [1.165, 1.54) is 0 Å². The van der Waals surface area contributed by atoms with Crippen LogP contribution in [0.3, 0.4) is 0 Å². The molecule has 0 saturated heterocycles. The fourth-order valence-electron chi connectivity index (χ4n) is 2.05. The van der Waals surface area contributed by atoms with Gasteiger partial charge in [0.2, 0.25) is 17.6 Å². The number of hydrogen-bond acceptors (Lipinski definition) is 6. The first-order valence-electron chi connectivity index (χ1n) is 7.78. The van der Waals surface area contributed by atoms with Crippen molar-refractivity contribution >= 4 is 5.91 Å². The summed E-state index contributed by atoms with van der Waals surface area (Å²) in [6, 6.07) is 3.58. The van der Waals surface area contributed by atoms with E-state index in [-0.39, 0.29) is 18.9 Å². The molecule has 0 bridgehead atoms. The van der Waals surface area contributed by atoms with Crippen LogP contribution in [0.1, 0.15) is 39.0 Å². The number of carbonyl (C=O) groups excluding carboxylic acids is 1. The molecule has 0 aromatic carbocycles. The van der Waals surface area contributed by atoms with Crippen LogP contribution in [0, 0.1) is 0 Å². The zero-order chi connectivity index (χ0) is 16.7. The van der Waals surface area contributed by atoms with Gasteiger partial charge >= 0.3 is 0 Å². The molecule has 2 aromatic rings. The van der Waals surface area contributed by atoms with Crippen molar-refractivity contribution in [3.63, 3.8) is 0 Å². The highest BCUT2D eigenvalue weighted by atomic mass is 16.5. The van der Waals surface area contributed by atoms with Gasteiger partial charge in [-0.3, -0.25) is 9.78 Å². The summed E-state index contributed by atoms with van der Waals surface area (Å²) in [4.78, 5) is 20.0. The fourth-order valence-corrected chi connectivity index (χ4v) is 2.05. The van der Waals surface area contributed by atoms with E-state index in [4.69, 9.17) is 4.52 Å². The van der Waals surface area contributed by atoms with Gasteiger partial charge in [-0.05, 0) is 25.0 Å². The minimum atomic E-state index is -0.839. The van der Waals surface area contributed by atoms with Gasteiger partial charge in [-0.25, -0.2) is 0 Å². The summed E-state index contributed by atoms with van der Waals surface area (Å²) in [6.07, 6.45) is 5.11. The van der Waals surface area contributed by atoms with Gasteiger partial charge in [0.1, 0.15) is 0 Å². The van der Waals surface area contributed by atoms with E-state index in [9.17, 15) is 9.90 Å². The second-order valence-corrected chi connectivity index (χ2v) is 5.46. The minimum absolute atomic E-state index is 0.144. The summed E-state index contributed by atoms with van der Waals surface area (Å²) in [5.74, 6) is 0.747. The average Bonchev–Trinajstić information content (AvgIpc) is 3.07. The van der Waals surface area contributed by atoms with E-state index >= 15 is 0 Å². The first kappa shape index (κ1) is 17.1. The highest BCUT2D eigenvalue weighted by Gasteiger charge is 2.22. The number of amides is 1. The van der Waals surface area contributed by atoms with E-state index in [1.807, 2.05) is 13.8 Å². The van der Waals surface area contributed by atoms with Crippen molar-refractivity contribution in [1.82, 2.24) is 20.4 Å². The second kappa shape index (κ2) is 7.82. The molecule has 1 amide bonds. The normalized spacial score (nSPS) is 11.4. The molecule has 2 heterocycles. The lowest BCUT2D eigenvalue weighted by Crippen LogP contribution is -2.42. The number of carbonyl (C=O) groups is 1. The molecule has 2 rings (SSSR count). The minimum Gasteiger partial charge on any atom is -0.388 e. The lowest BCUT2D eigenvalue weighted by Gasteiger charge is -2.25. The van der Waals surface area contributed by atoms with Gasteiger partial charge in [0.25, 0.3) is 0 Å². The first-order valence-corrected chi connectivity index (χ1v) is 7.78. The van der Waals surface area contributed by atoms with Gasteiger partial charge in [0.15, 0.2) is 0 Å². The molecule has 0 saturated carbocycles.